The monoisotopic (exact) mass is 288 g/mol. The molecule has 0 N–H and O–H groups in total. The van der Waals surface area contributed by atoms with Crippen molar-refractivity contribution in [1.29, 1.82) is 0 Å². The second-order valence-corrected chi connectivity index (χ2v) is 8.29. The molecule has 0 heterocycles. The molecule has 5 heteroatoms. The molecule has 102 valence electrons. The summed E-state index contributed by atoms with van der Waals surface area (Å²) in [7, 11) is 2.26. The molecule has 0 radical (unpaired) electrons. The van der Waals surface area contributed by atoms with Gasteiger partial charge in [0.15, 0.2) is 0 Å². The fourth-order valence-electron chi connectivity index (χ4n) is 1.75. The van der Waals surface area contributed by atoms with E-state index in [4.69, 9.17) is 24.9 Å². The normalized spacial score (nSPS) is 15.4. The fourth-order valence-corrected chi connectivity index (χ4v) is 4.39. The molecule has 3 nitrogen and oxygen atoms in total. The second kappa shape index (κ2) is 6.68. The zero-order valence-corrected chi connectivity index (χ0v) is 13.3. The SMILES string of the molecule is CO[Si](OC)(OC)C(C)C(C)Cl.c1cc2ccc1-2. The van der Waals surface area contributed by atoms with Gasteiger partial charge in [-0.05, 0) is 18.1 Å². The molecule has 0 aliphatic heterocycles. The van der Waals surface area contributed by atoms with Gasteiger partial charge in [-0.25, -0.2) is 0 Å². The molecule has 2 aliphatic rings. The van der Waals surface area contributed by atoms with E-state index < -0.39 is 8.80 Å². The van der Waals surface area contributed by atoms with E-state index >= 15 is 0 Å². The average Bonchev–Trinajstić information content (AvgIpc) is 2.37. The Hall–Kier alpha value is -0.393. The first-order valence-electron chi connectivity index (χ1n) is 5.90. The lowest BCUT2D eigenvalue weighted by atomic mass is 9.95. The van der Waals surface area contributed by atoms with Crippen LogP contribution < -0.4 is 0 Å². The first-order chi connectivity index (χ1) is 8.50. The predicted octanol–water partition coefficient (Wildman–Crippen LogP) is 3.55. The Morgan fingerprint density at radius 3 is 1.28 bits per heavy atom. The van der Waals surface area contributed by atoms with Gasteiger partial charge in [-0.2, -0.15) is 0 Å². The number of fused-ring (bicyclic) bond motifs is 1. The number of halogens is 1. The van der Waals surface area contributed by atoms with E-state index in [0.717, 1.165) is 0 Å². The van der Waals surface area contributed by atoms with Gasteiger partial charge < -0.3 is 13.3 Å². The Balaban J connectivity index is 0.000000217. The highest BCUT2D eigenvalue weighted by Crippen LogP contribution is 2.30. The van der Waals surface area contributed by atoms with Gasteiger partial charge in [0.2, 0.25) is 0 Å². The van der Waals surface area contributed by atoms with Crippen molar-refractivity contribution in [2.45, 2.75) is 24.8 Å². The van der Waals surface area contributed by atoms with E-state index in [0.29, 0.717) is 0 Å². The molecule has 2 unspecified atom stereocenters. The summed E-state index contributed by atoms with van der Waals surface area (Å²) >= 11 is 5.94. The molecule has 0 saturated heterocycles. The van der Waals surface area contributed by atoms with Crippen molar-refractivity contribution in [1.82, 2.24) is 0 Å². The molecule has 0 saturated carbocycles. The van der Waals surface area contributed by atoms with E-state index in [1.165, 1.54) is 11.1 Å². The highest BCUT2D eigenvalue weighted by Gasteiger charge is 2.46. The molecule has 0 aromatic rings. The third-order valence-corrected chi connectivity index (χ3v) is 7.23. The highest BCUT2D eigenvalue weighted by molar-refractivity contribution is 6.63. The maximum Gasteiger partial charge on any atom is 0.504 e. The van der Waals surface area contributed by atoms with Crippen LogP contribution in [0.25, 0.3) is 11.1 Å². The maximum absolute atomic E-state index is 5.94. The number of hydrogen-bond donors (Lipinski definition) is 0. The Kier molecular flexibility index (Phi) is 5.81. The summed E-state index contributed by atoms with van der Waals surface area (Å²) in [5.41, 5.74) is 2.95. The third kappa shape index (κ3) is 3.13. The van der Waals surface area contributed by atoms with Crippen LogP contribution in [-0.4, -0.2) is 35.5 Å². The van der Waals surface area contributed by atoms with E-state index in [2.05, 4.69) is 24.3 Å². The Morgan fingerprint density at radius 2 is 1.22 bits per heavy atom. The van der Waals surface area contributed by atoms with Crippen LogP contribution in [0.5, 0.6) is 0 Å². The predicted molar refractivity (Wildman–Crippen MR) is 77.0 cm³/mol. The van der Waals surface area contributed by atoms with Crippen LogP contribution in [0.2, 0.25) is 5.54 Å². The van der Waals surface area contributed by atoms with Gasteiger partial charge in [0.1, 0.15) is 0 Å². The Bertz CT molecular complexity index is 334. The zero-order valence-electron chi connectivity index (χ0n) is 11.6. The summed E-state index contributed by atoms with van der Waals surface area (Å²) in [6.45, 7) is 3.88. The van der Waals surface area contributed by atoms with E-state index in [9.17, 15) is 0 Å². The van der Waals surface area contributed by atoms with Crippen LogP contribution in [0.4, 0.5) is 0 Å². The summed E-state index contributed by atoms with van der Waals surface area (Å²) < 4.78 is 15.8. The van der Waals surface area contributed by atoms with Crippen molar-refractivity contribution in [2.75, 3.05) is 21.3 Å². The average molecular weight is 289 g/mol. The number of alkyl halides is 1. The summed E-state index contributed by atoms with van der Waals surface area (Å²) in [6.07, 6.45) is 0. The lowest BCUT2D eigenvalue weighted by molar-refractivity contribution is 0.113. The number of hydrogen-bond acceptors (Lipinski definition) is 3. The van der Waals surface area contributed by atoms with Gasteiger partial charge in [-0.3, -0.25) is 0 Å². The quantitative estimate of drug-likeness (QED) is 0.622. The van der Waals surface area contributed by atoms with E-state index in [1.54, 1.807) is 21.3 Å². The molecule has 0 fully saturated rings. The van der Waals surface area contributed by atoms with Gasteiger partial charge in [0, 0.05) is 32.2 Å². The smallest absolute Gasteiger partial charge is 0.377 e. The van der Waals surface area contributed by atoms with E-state index in [1.807, 2.05) is 13.8 Å². The summed E-state index contributed by atoms with van der Waals surface area (Å²) in [6, 6.07) is 8.48. The maximum atomic E-state index is 5.94. The summed E-state index contributed by atoms with van der Waals surface area (Å²) in [4.78, 5) is 0. The molecule has 0 amide bonds. The van der Waals surface area contributed by atoms with E-state index in [-0.39, 0.29) is 10.9 Å². The highest BCUT2D eigenvalue weighted by atomic mass is 35.5. The zero-order chi connectivity index (χ0) is 13.8. The van der Waals surface area contributed by atoms with Crippen LogP contribution in [0.3, 0.4) is 0 Å². The summed E-state index contributed by atoms with van der Waals surface area (Å²) in [5, 5.41) is -0.0171. The van der Waals surface area contributed by atoms with Gasteiger partial charge in [-0.1, -0.05) is 31.2 Å². The molecule has 0 bridgehead atoms. The minimum Gasteiger partial charge on any atom is -0.377 e. The third-order valence-electron chi connectivity index (χ3n) is 3.32. The topological polar surface area (TPSA) is 27.7 Å². The Labute approximate surface area is 115 Å². The van der Waals surface area contributed by atoms with Crippen molar-refractivity contribution in [3.05, 3.63) is 24.3 Å². The molecule has 0 aromatic carbocycles. The minimum absolute atomic E-state index is 0.0171. The van der Waals surface area contributed by atoms with Crippen molar-refractivity contribution >= 4 is 20.4 Å². The number of benzene rings is 1. The van der Waals surface area contributed by atoms with Crippen molar-refractivity contribution in [2.24, 2.45) is 0 Å². The molecule has 2 aliphatic carbocycles. The molecule has 0 spiro atoms. The van der Waals surface area contributed by atoms with Crippen LogP contribution in [0.15, 0.2) is 24.3 Å². The van der Waals surface area contributed by atoms with Gasteiger partial charge in [-0.15, -0.1) is 11.6 Å². The molecule has 2 atom stereocenters. The summed E-state index contributed by atoms with van der Waals surface area (Å²) in [5.74, 6) is 0. The van der Waals surface area contributed by atoms with Gasteiger partial charge in [0.05, 0.1) is 0 Å². The fraction of sp³-hybridized carbons (Fsp3) is 0.538. The van der Waals surface area contributed by atoms with Crippen LogP contribution in [0, 0.1) is 0 Å². The molecule has 18 heavy (non-hydrogen) atoms. The standard InChI is InChI=1S/C7H17ClO3Si.C6H4/c1-6(8)7(2)12(9-3,10-4)11-5;1-2-6-4-3-5(1)6/h6-7H,1-5H3;1-4H. The largest absolute Gasteiger partial charge is 0.504 e. The van der Waals surface area contributed by atoms with Gasteiger partial charge >= 0.3 is 8.80 Å². The van der Waals surface area contributed by atoms with Gasteiger partial charge in [0.25, 0.3) is 0 Å². The number of rotatable bonds is 5. The van der Waals surface area contributed by atoms with Crippen molar-refractivity contribution in [3.8, 4) is 11.1 Å². The van der Waals surface area contributed by atoms with Crippen molar-refractivity contribution in [3.63, 3.8) is 0 Å². The molecular formula is C13H21ClO3Si. The molecule has 2 rings (SSSR count). The Morgan fingerprint density at radius 1 is 0.889 bits per heavy atom. The lowest BCUT2D eigenvalue weighted by Crippen LogP contribution is -2.49. The second-order valence-electron chi connectivity index (χ2n) is 4.26. The lowest BCUT2D eigenvalue weighted by Gasteiger charge is -2.31. The van der Waals surface area contributed by atoms with Crippen LogP contribution in [0.1, 0.15) is 13.8 Å². The minimum atomic E-state index is -2.52. The molecule has 0 aromatic heterocycles. The first-order valence-corrected chi connectivity index (χ1v) is 8.14. The van der Waals surface area contributed by atoms with Crippen LogP contribution in [-0.2, 0) is 13.3 Å². The van der Waals surface area contributed by atoms with Crippen LogP contribution >= 0.6 is 11.6 Å². The molecular weight excluding hydrogens is 268 g/mol. The first kappa shape index (κ1) is 15.7. The van der Waals surface area contributed by atoms with Crippen molar-refractivity contribution < 1.29 is 13.3 Å².